The van der Waals surface area contributed by atoms with E-state index in [0.717, 1.165) is 35.5 Å². The molecule has 9 nitrogen and oxygen atoms in total. The van der Waals surface area contributed by atoms with Crippen molar-refractivity contribution >= 4 is 29.9 Å². The van der Waals surface area contributed by atoms with E-state index in [1.54, 1.807) is 22.9 Å². The number of carboxylic acid groups (broad SMARTS) is 1. The van der Waals surface area contributed by atoms with E-state index in [-0.39, 0.29) is 37.2 Å². The minimum atomic E-state index is -0.307. The quantitative estimate of drug-likeness (QED) is 0.325. The number of unbranched alkanes of at least 4 members (excludes halogenated alkanes) is 3. The van der Waals surface area contributed by atoms with Gasteiger partial charge in [0.15, 0.2) is 5.69 Å². The fourth-order valence-corrected chi connectivity index (χ4v) is 3.92. The average molecular weight is 513 g/mol. The maximum Gasteiger partial charge on any atom is 0.290 e. The third kappa shape index (κ3) is 7.08. The molecule has 0 bridgehead atoms. The molecule has 2 amide bonds. The Kier molecular flexibility index (Phi) is 9.88. The lowest BCUT2D eigenvalue weighted by Crippen LogP contribution is -2.30. The molecular weight excluding hydrogens is 484 g/mol. The first kappa shape index (κ1) is 26.7. The van der Waals surface area contributed by atoms with E-state index in [0.29, 0.717) is 11.6 Å². The van der Waals surface area contributed by atoms with Crippen molar-refractivity contribution in [2.45, 2.75) is 32.6 Å². The maximum atomic E-state index is 13.0. The SMILES string of the molecule is CCCCCCOc1cccc(-c2cc(C(=O)N3CNC(=O)C3)nn2-c2cccc(Cl)c2)c1.O=CO. The minimum absolute atomic E-state index is 0.0273. The topological polar surface area (TPSA) is 114 Å². The summed E-state index contributed by atoms with van der Waals surface area (Å²) in [5.41, 5.74) is 2.59. The van der Waals surface area contributed by atoms with Gasteiger partial charge in [-0.15, -0.1) is 0 Å². The summed E-state index contributed by atoms with van der Waals surface area (Å²) in [6.07, 6.45) is 4.56. The lowest BCUT2D eigenvalue weighted by Gasteiger charge is -2.11. The number of carbonyl (C=O) groups is 3. The predicted molar refractivity (Wildman–Crippen MR) is 136 cm³/mol. The summed E-state index contributed by atoms with van der Waals surface area (Å²) in [6, 6.07) is 16.8. The van der Waals surface area contributed by atoms with E-state index < -0.39 is 0 Å². The molecule has 0 spiro atoms. The first-order valence-electron chi connectivity index (χ1n) is 11.7. The van der Waals surface area contributed by atoms with Gasteiger partial charge >= 0.3 is 0 Å². The maximum absolute atomic E-state index is 13.0. The van der Waals surface area contributed by atoms with Gasteiger partial charge in [0, 0.05) is 10.6 Å². The fourth-order valence-electron chi connectivity index (χ4n) is 3.73. The fraction of sp³-hybridized carbons (Fsp3) is 0.308. The van der Waals surface area contributed by atoms with Gasteiger partial charge in [-0.05, 0) is 42.8 Å². The highest BCUT2D eigenvalue weighted by Crippen LogP contribution is 2.29. The number of nitrogens with zero attached hydrogens (tertiary/aromatic N) is 3. The van der Waals surface area contributed by atoms with E-state index >= 15 is 0 Å². The molecule has 0 radical (unpaired) electrons. The number of hydrogen-bond acceptors (Lipinski definition) is 5. The summed E-state index contributed by atoms with van der Waals surface area (Å²) in [5.74, 6) is 0.283. The largest absolute Gasteiger partial charge is 0.494 e. The summed E-state index contributed by atoms with van der Waals surface area (Å²) in [4.78, 5) is 34.4. The van der Waals surface area contributed by atoms with Crippen LogP contribution in [0.5, 0.6) is 5.75 Å². The third-order valence-electron chi connectivity index (χ3n) is 5.47. The van der Waals surface area contributed by atoms with Crippen LogP contribution >= 0.6 is 11.6 Å². The Morgan fingerprint density at radius 2 is 1.94 bits per heavy atom. The number of rotatable bonds is 9. The van der Waals surface area contributed by atoms with Crippen LogP contribution < -0.4 is 10.1 Å². The van der Waals surface area contributed by atoms with E-state index in [1.807, 2.05) is 36.4 Å². The normalized spacial score (nSPS) is 12.5. The Morgan fingerprint density at radius 3 is 2.64 bits per heavy atom. The number of hydrogen-bond donors (Lipinski definition) is 2. The molecule has 0 saturated carbocycles. The third-order valence-corrected chi connectivity index (χ3v) is 5.70. The highest BCUT2D eigenvalue weighted by atomic mass is 35.5. The molecule has 3 aromatic rings. The van der Waals surface area contributed by atoms with Crippen molar-refractivity contribution in [1.29, 1.82) is 0 Å². The molecule has 190 valence electrons. The highest BCUT2D eigenvalue weighted by molar-refractivity contribution is 6.30. The number of amides is 2. The number of carbonyl (C=O) groups excluding carboxylic acids is 2. The van der Waals surface area contributed by atoms with Crippen molar-refractivity contribution in [3.05, 3.63) is 65.3 Å². The molecule has 0 aliphatic carbocycles. The van der Waals surface area contributed by atoms with Crippen molar-refractivity contribution < 1.29 is 24.2 Å². The smallest absolute Gasteiger partial charge is 0.290 e. The number of benzene rings is 2. The first-order valence-corrected chi connectivity index (χ1v) is 12.1. The zero-order valence-electron chi connectivity index (χ0n) is 20.0. The van der Waals surface area contributed by atoms with E-state index in [2.05, 4.69) is 17.3 Å². The number of aromatic nitrogens is 2. The van der Waals surface area contributed by atoms with Gasteiger partial charge in [-0.25, -0.2) is 4.68 Å². The zero-order chi connectivity index (χ0) is 25.9. The van der Waals surface area contributed by atoms with Crippen molar-refractivity contribution in [3.8, 4) is 22.7 Å². The van der Waals surface area contributed by atoms with Crippen LogP contribution in [0.4, 0.5) is 0 Å². The Morgan fingerprint density at radius 1 is 1.17 bits per heavy atom. The molecule has 36 heavy (non-hydrogen) atoms. The summed E-state index contributed by atoms with van der Waals surface area (Å²) in [6.45, 7) is 2.80. The van der Waals surface area contributed by atoms with Crippen LogP contribution in [0.2, 0.25) is 5.02 Å². The van der Waals surface area contributed by atoms with E-state index in [9.17, 15) is 9.59 Å². The number of ether oxygens (including phenoxy) is 1. The molecule has 1 aromatic heterocycles. The van der Waals surface area contributed by atoms with Crippen LogP contribution in [-0.4, -0.2) is 57.9 Å². The van der Waals surface area contributed by atoms with Gasteiger partial charge in [-0.2, -0.15) is 5.10 Å². The first-order chi connectivity index (χ1) is 17.5. The van der Waals surface area contributed by atoms with Crippen LogP contribution in [0.1, 0.15) is 43.1 Å². The van der Waals surface area contributed by atoms with E-state index in [4.69, 9.17) is 26.2 Å². The van der Waals surface area contributed by atoms with Gasteiger partial charge in [0.25, 0.3) is 12.4 Å². The van der Waals surface area contributed by atoms with Crippen molar-refractivity contribution in [1.82, 2.24) is 20.0 Å². The van der Waals surface area contributed by atoms with Crippen LogP contribution in [0.25, 0.3) is 16.9 Å². The second kappa shape index (κ2) is 13.3. The summed E-state index contributed by atoms with van der Waals surface area (Å²) in [5, 5.41) is 14.7. The number of nitrogens with one attached hydrogen (secondary N) is 1. The summed E-state index contributed by atoms with van der Waals surface area (Å²) in [7, 11) is 0. The Labute approximate surface area is 214 Å². The molecule has 1 aliphatic heterocycles. The molecule has 1 saturated heterocycles. The van der Waals surface area contributed by atoms with Crippen molar-refractivity contribution in [3.63, 3.8) is 0 Å². The molecule has 1 fully saturated rings. The van der Waals surface area contributed by atoms with Crippen LogP contribution in [-0.2, 0) is 9.59 Å². The molecule has 0 atom stereocenters. The lowest BCUT2D eigenvalue weighted by molar-refractivity contribution is -0.123. The molecule has 0 unspecified atom stereocenters. The van der Waals surface area contributed by atoms with Gasteiger partial charge in [0.2, 0.25) is 5.91 Å². The standard InChI is InChI=1S/C25H27ClN4O3.CH2O2/c1-2-3-4-5-12-33-21-11-6-8-18(13-21)23-15-22(25(32)29-16-24(31)27-17-29)28-30(23)20-10-7-9-19(26)14-20;2-1-3/h6-11,13-15H,2-5,12,16-17H2,1H3,(H,27,31);1H,(H,2,3). The summed E-state index contributed by atoms with van der Waals surface area (Å²) >= 11 is 6.22. The van der Waals surface area contributed by atoms with Crippen LogP contribution in [0, 0.1) is 0 Å². The van der Waals surface area contributed by atoms with Gasteiger partial charge in [0.05, 0.1) is 24.7 Å². The molecule has 1 aliphatic rings. The molecular formula is C26H29ClN4O5. The Hall–Kier alpha value is -3.85. The number of halogens is 1. The lowest BCUT2D eigenvalue weighted by atomic mass is 10.1. The van der Waals surface area contributed by atoms with E-state index in [1.165, 1.54) is 17.7 Å². The summed E-state index contributed by atoms with van der Waals surface area (Å²) < 4.78 is 7.65. The molecule has 10 heteroatoms. The Bertz CT molecular complexity index is 1200. The minimum Gasteiger partial charge on any atom is -0.494 e. The monoisotopic (exact) mass is 512 g/mol. The molecule has 2 aromatic carbocycles. The Balaban J connectivity index is 0.00000115. The van der Waals surface area contributed by atoms with Gasteiger partial charge in [0.1, 0.15) is 12.3 Å². The second-order valence-electron chi connectivity index (χ2n) is 8.11. The van der Waals surface area contributed by atoms with Gasteiger partial charge < -0.3 is 20.1 Å². The predicted octanol–water partition coefficient (Wildman–Crippen LogP) is 4.38. The molecule has 2 heterocycles. The van der Waals surface area contributed by atoms with Crippen molar-refractivity contribution in [2.24, 2.45) is 0 Å². The zero-order valence-corrected chi connectivity index (χ0v) is 20.8. The molecule has 2 N–H and O–H groups in total. The van der Waals surface area contributed by atoms with Gasteiger partial charge in [-0.1, -0.05) is 56.0 Å². The van der Waals surface area contributed by atoms with Gasteiger partial charge in [-0.3, -0.25) is 14.4 Å². The van der Waals surface area contributed by atoms with Crippen molar-refractivity contribution in [2.75, 3.05) is 19.8 Å². The molecule has 4 rings (SSSR count). The van der Waals surface area contributed by atoms with Crippen LogP contribution in [0.3, 0.4) is 0 Å². The average Bonchev–Trinajstić information content (AvgIpc) is 3.51. The highest BCUT2D eigenvalue weighted by Gasteiger charge is 2.27. The van der Waals surface area contributed by atoms with Crippen LogP contribution in [0.15, 0.2) is 54.6 Å². The second-order valence-corrected chi connectivity index (χ2v) is 8.55.